The minimum Gasteiger partial charge on any atom is -0.295 e. The van der Waals surface area contributed by atoms with Crippen LogP contribution in [0.25, 0.3) is 88.4 Å². The van der Waals surface area contributed by atoms with Gasteiger partial charge in [-0.1, -0.05) is 109 Å². The van der Waals surface area contributed by atoms with Gasteiger partial charge in [-0.2, -0.15) is 0 Å². The predicted molar refractivity (Wildman–Crippen MR) is 209 cm³/mol. The SMILES string of the molecule is c1ccc(-n2c3ccccc3c3c4ccccc4n(-c4ccc5c(c4)c4c6ccccc6n(-c6ccccc6)c4n5-c4ccccc4)c32)cc1. The fourth-order valence-corrected chi connectivity index (χ4v) is 8.35. The summed E-state index contributed by atoms with van der Waals surface area (Å²) < 4.78 is 9.76. The van der Waals surface area contributed by atoms with E-state index in [1.165, 1.54) is 60.0 Å². The van der Waals surface area contributed by atoms with Crippen molar-refractivity contribution in [3.05, 3.63) is 182 Å². The molecular weight excluding hydrogens is 609 g/mol. The van der Waals surface area contributed by atoms with E-state index in [0.29, 0.717) is 0 Å². The molecule has 0 spiro atoms. The summed E-state index contributed by atoms with van der Waals surface area (Å²) in [5.41, 5.74) is 11.7. The van der Waals surface area contributed by atoms with E-state index in [1.807, 2.05) is 0 Å². The van der Waals surface area contributed by atoms with Gasteiger partial charge in [0.25, 0.3) is 0 Å². The molecule has 4 aromatic heterocycles. The van der Waals surface area contributed by atoms with Gasteiger partial charge in [0.2, 0.25) is 0 Å². The van der Waals surface area contributed by atoms with Crippen LogP contribution in [0.2, 0.25) is 0 Å². The summed E-state index contributed by atoms with van der Waals surface area (Å²) in [5, 5.41) is 7.49. The molecule has 0 aliphatic carbocycles. The lowest BCUT2D eigenvalue weighted by Gasteiger charge is -2.14. The Labute approximate surface area is 287 Å². The van der Waals surface area contributed by atoms with Crippen LogP contribution in [-0.2, 0) is 0 Å². The summed E-state index contributed by atoms with van der Waals surface area (Å²) in [4.78, 5) is 0. The van der Waals surface area contributed by atoms with Gasteiger partial charge in [-0.3, -0.25) is 18.3 Å². The minimum absolute atomic E-state index is 1.13. The molecule has 50 heavy (non-hydrogen) atoms. The third-order valence-corrected chi connectivity index (χ3v) is 10.3. The van der Waals surface area contributed by atoms with Crippen molar-refractivity contribution in [1.29, 1.82) is 0 Å². The minimum atomic E-state index is 1.13. The summed E-state index contributed by atoms with van der Waals surface area (Å²) in [6, 6.07) is 65.8. The molecule has 0 saturated heterocycles. The van der Waals surface area contributed by atoms with Gasteiger partial charge in [0, 0.05) is 55.1 Å². The molecule has 0 saturated carbocycles. The van der Waals surface area contributed by atoms with Crippen LogP contribution in [0.15, 0.2) is 182 Å². The van der Waals surface area contributed by atoms with Gasteiger partial charge in [-0.25, -0.2) is 0 Å². The molecule has 0 N–H and O–H groups in total. The Balaban J connectivity index is 1.32. The van der Waals surface area contributed by atoms with Gasteiger partial charge in [0.05, 0.1) is 22.1 Å². The number of nitrogens with zero attached hydrogens (tertiary/aromatic N) is 4. The van der Waals surface area contributed by atoms with Gasteiger partial charge in [0.15, 0.2) is 0 Å². The molecule has 0 atom stereocenters. The van der Waals surface area contributed by atoms with Crippen molar-refractivity contribution in [3.63, 3.8) is 0 Å². The highest BCUT2D eigenvalue weighted by Gasteiger charge is 2.25. The molecule has 4 nitrogen and oxygen atoms in total. The largest absolute Gasteiger partial charge is 0.295 e. The predicted octanol–water partition coefficient (Wildman–Crippen LogP) is 11.8. The Kier molecular flexibility index (Phi) is 5.63. The van der Waals surface area contributed by atoms with Crippen molar-refractivity contribution < 1.29 is 0 Å². The summed E-state index contributed by atoms with van der Waals surface area (Å²) >= 11 is 0. The van der Waals surface area contributed by atoms with E-state index in [-0.39, 0.29) is 0 Å². The lowest BCUT2D eigenvalue weighted by Crippen LogP contribution is -2.02. The first-order chi connectivity index (χ1) is 24.9. The van der Waals surface area contributed by atoms with Crippen LogP contribution < -0.4 is 0 Å². The number of hydrogen-bond donors (Lipinski definition) is 0. The van der Waals surface area contributed by atoms with Crippen molar-refractivity contribution in [3.8, 4) is 22.7 Å². The molecule has 11 rings (SSSR count). The van der Waals surface area contributed by atoms with Crippen LogP contribution in [0.1, 0.15) is 0 Å². The normalized spacial score (nSPS) is 12.0. The highest BCUT2D eigenvalue weighted by Crippen LogP contribution is 2.44. The molecule has 7 aromatic carbocycles. The maximum atomic E-state index is 2.47. The third kappa shape index (κ3) is 3.65. The molecule has 234 valence electrons. The second kappa shape index (κ2) is 10.4. The van der Waals surface area contributed by atoms with Gasteiger partial charge in [0.1, 0.15) is 11.3 Å². The fourth-order valence-electron chi connectivity index (χ4n) is 8.35. The first-order valence-electron chi connectivity index (χ1n) is 17.1. The van der Waals surface area contributed by atoms with E-state index < -0.39 is 0 Å². The number of fused-ring (bicyclic) bond motifs is 10. The van der Waals surface area contributed by atoms with E-state index in [0.717, 1.165) is 28.4 Å². The highest BCUT2D eigenvalue weighted by molar-refractivity contribution is 6.24. The molecule has 0 unspecified atom stereocenters. The van der Waals surface area contributed by atoms with Gasteiger partial charge in [-0.05, 0) is 72.8 Å². The Morgan fingerprint density at radius 3 is 0.980 bits per heavy atom. The molecule has 0 fully saturated rings. The van der Waals surface area contributed by atoms with Crippen molar-refractivity contribution in [2.24, 2.45) is 0 Å². The molecule has 0 bridgehead atoms. The zero-order valence-corrected chi connectivity index (χ0v) is 27.1. The van der Waals surface area contributed by atoms with Crippen LogP contribution in [0.5, 0.6) is 0 Å². The third-order valence-electron chi connectivity index (χ3n) is 10.3. The maximum absolute atomic E-state index is 2.47. The smallest absolute Gasteiger partial charge is 0.131 e. The number of para-hydroxylation sites is 6. The number of rotatable bonds is 4. The zero-order chi connectivity index (χ0) is 32.8. The van der Waals surface area contributed by atoms with Crippen molar-refractivity contribution in [1.82, 2.24) is 18.3 Å². The molecule has 0 radical (unpaired) electrons. The van der Waals surface area contributed by atoms with E-state index in [9.17, 15) is 0 Å². The van der Waals surface area contributed by atoms with Gasteiger partial charge < -0.3 is 0 Å². The van der Waals surface area contributed by atoms with Crippen molar-refractivity contribution >= 4 is 65.7 Å². The Morgan fingerprint density at radius 1 is 0.240 bits per heavy atom. The Bertz CT molecular complexity index is 3070. The molecule has 0 aliphatic rings. The monoisotopic (exact) mass is 638 g/mol. The fraction of sp³-hybridized carbons (Fsp3) is 0. The second-order valence-electron chi connectivity index (χ2n) is 13.0. The summed E-state index contributed by atoms with van der Waals surface area (Å²) in [6.45, 7) is 0. The van der Waals surface area contributed by atoms with Gasteiger partial charge in [-0.15, -0.1) is 0 Å². The topological polar surface area (TPSA) is 19.7 Å². The first kappa shape index (κ1) is 27.2. The van der Waals surface area contributed by atoms with Gasteiger partial charge >= 0.3 is 0 Å². The molecule has 4 heterocycles. The van der Waals surface area contributed by atoms with Crippen LogP contribution >= 0.6 is 0 Å². The summed E-state index contributed by atoms with van der Waals surface area (Å²) in [7, 11) is 0. The number of benzene rings is 7. The number of aromatic nitrogens is 4. The maximum Gasteiger partial charge on any atom is 0.131 e. The molecule has 4 heteroatoms. The molecule has 0 aliphatic heterocycles. The quantitative estimate of drug-likeness (QED) is 0.183. The molecular formula is C46H30N4. The van der Waals surface area contributed by atoms with E-state index >= 15 is 0 Å². The van der Waals surface area contributed by atoms with Crippen molar-refractivity contribution in [2.75, 3.05) is 0 Å². The Hall–Kier alpha value is -6.78. The van der Waals surface area contributed by atoms with Crippen LogP contribution in [0, 0.1) is 0 Å². The lowest BCUT2D eigenvalue weighted by molar-refractivity contribution is 1.06. The summed E-state index contributed by atoms with van der Waals surface area (Å²) in [6.07, 6.45) is 0. The van der Waals surface area contributed by atoms with Crippen LogP contribution in [0.3, 0.4) is 0 Å². The molecule has 0 amide bonds. The van der Waals surface area contributed by atoms with E-state index in [1.54, 1.807) is 0 Å². The average Bonchev–Trinajstić information content (AvgIpc) is 3.90. The standard InChI is InChI=1S/C46H30N4/c1-4-16-31(17-5-1)47-39-25-13-10-22-35(39)43-36-23-11-15-27-41(36)50(45(43)47)34-28-29-42-38(30-34)44-37-24-12-14-26-40(37)48(32-18-6-2-7-19-32)46(44)49(42)33-20-8-3-9-21-33/h1-30H. The van der Waals surface area contributed by atoms with Crippen LogP contribution in [0.4, 0.5) is 0 Å². The van der Waals surface area contributed by atoms with Crippen LogP contribution in [-0.4, -0.2) is 18.3 Å². The first-order valence-corrected chi connectivity index (χ1v) is 17.1. The average molecular weight is 639 g/mol. The Morgan fingerprint density at radius 2 is 0.560 bits per heavy atom. The zero-order valence-electron chi connectivity index (χ0n) is 27.1. The second-order valence-corrected chi connectivity index (χ2v) is 13.0. The highest BCUT2D eigenvalue weighted by atomic mass is 15.2. The summed E-state index contributed by atoms with van der Waals surface area (Å²) in [5.74, 6) is 0. The van der Waals surface area contributed by atoms with E-state index in [2.05, 4.69) is 200 Å². The van der Waals surface area contributed by atoms with Crippen molar-refractivity contribution in [2.45, 2.75) is 0 Å². The lowest BCUT2D eigenvalue weighted by atomic mass is 10.1. The van der Waals surface area contributed by atoms with E-state index in [4.69, 9.17) is 0 Å². The molecule has 11 aromatic rings. The number of hydrogen-bond acceptors (Lipinski definition) is 0.